The highest BCUT2D eigenvalue weighted by Gasteiger charge is 2.46. The summed E-state index contributed by atoms with van der Waals surface area (Å²) in [5.74, 6) is 0. The smallest absolute Gasteiger partial charge is 0.252 e. The van der Waals surface area contributed by atoms with Gasteiger partial charge in [0.2, 0.25) is 0 Å². The van der Waals surface area contributed by atoms with E-state index in [0.717, 1.165) is 33.3 Å². The number of para-hydroxylation sites is 2. The lowest BCUT2D eigenvalue weighted by Crippen LogP contribution is -2.61. The van der Waals surface area contributed by atoms with E-state index in [1.807, 2.05) is 0 Å². The molecule has 3 heterocycles. The van der Waals surface area contributed by atoms with Gasteiger partial charge in [-0.25, -0.2) is 0 Å². The molecule has 7 aromatic carbocycles. The van der Waals surface area contributed by atoms with Crippen LogP contribution >= 0.6 is 0 Å². The Balaban J connectivity index is 1.28. The largest absolute Gasteiger partial charge is 0.454 e. The summed E-state index contributed by atoms with van der Waals surface area (Å²) in [6.07, 6.45) is 2.37. The quantitative estimate of drug-likeness (QED) is 0.167. The van der Waals surface area contributed by atoms with Crippen LogP contribution in [0.2, 0.25) is 0 Å². The highest BCUT2D eigenvalue weighted by molar-refractivity contribution is 7.00. The number of hydrogen-bond donors (Lipinski definition) is 0. The number of anilines is 6. The summed E-state index contributed by atoms with van der Waals surface area (Å²) in [7, 11) is 0. The lowest BCUT2D eigenvalue weighted by Gasteiger charge is -2.46. The van der Waals surface area contributed by atoms with Gasteiger partial charge in [0.25, 0.3) is 6.71 Å². The van der Waals surface area contributed by atoms with Crippen LogP contribution in [0.15, 0.2) is 138 Å². The zero-order valence-corrected chi connectivity index (χ0v) is 36.5. The summed E-state index contributed by atoms with van der Waals surface area (Å²) in [6.45, 7) is 21.4. The molecule has 0 atom stereocenters. The van der Waals surface area contributed by atoms with Crippen molar-refractivity contribution in [3.8, 4) is 11.1 Å². The van der Waals surface area contributed by atoms with Crippen LogP contribution in [0.4, 0.5) is 34.1 Å². The normalized spacial score (nSPS) is 16.1. The SMILES string of the molecule is Cc1cc2c3c(c1)N(c1ccccc1-c1ccccc1)c1c(ccc4c1oc1ccccc14)B3c1cc(C(C)(C)C)ccc1N2c1cc2c(cc1C)C(C)(C)CCC2(C)C. The Kier molecular flexibility index (Phi) is 7.87. The Morgan fingerprint density at radius 3 is 1.98 bits per heavy atom. The minimum absolute atomic E-state index is 0.0230. The third-order valence-electron chi connectivity index (χ3n) is 14.2. The standard InChI is InChI=1S/C56H53BN2O/c1-34-29-48-51-49(30-34)59(45-21-15-13-19-38(45)36-17-11-10-12-18-36)52-43(25-24-40-39-20-14-16-22-50(39)60-53(40)52)57(51)44-32-37(54(3,4)5)23-26-46(44)58(48)47-33-42-41(31-35(47)2)55(6,7)27-28-56(42,8)9/h10-26,29-33H,27-28H2,1-9H3. The summed E-state index contributed by atoms with van der Waals surface area (Å²) in [6, 6.07) is 50.3. The van der Waals surface area contributed by atoms with E-state index in [1.165, 1.54) is 90.9 Å². The van der Waals surface area contributed by atoms with Gasteiger partial charge in [0.15, 0.2) is 5.58 Å². The first-order valence-corrected chi connectivity index (χ1v) is 21.8. The number of fused-ring (bicyclic) bond motifs is 9. The fourth-order valence-electron chi connectivity index (χ4n) is 10.9. The predicted molar refractivity (Wildman–Crippen MR) is 257 cm³/mol. The molecule has 3 nitrogen and oxygen atoms in total. The molecule has 0 bridgehead atoms. The van der Waals surface area contributed by atoms with E-state index in [2.05, 4.69) is 206 Å². The Labute approximate surface area is 355 Å². The van der Waals surface area contributed by atoms with E-state index in [0.29, 0.717) is 0 Å². The first-order valence-electron chi connectivity index (χ1n) is 21.8. The molecule has 0 saturated carbocycles. The van der Waals surface area contributed by atoms with Gasteiger partial charge in [-0.05, 0) is 129 Å². The lowest BCUT2D eigenvalue weighted by atomic mass is 9.33. The molecule has 0 amide bonds. The monoisotopic (exact) mass is 780 g/mol. The van der Waals surface area contributed by atoms with Crippen LogP contribution in [-0.4, -0.2) is 6.71 Å². The van der Waals surface area contributed by atoms with Gasteiger partial charge in [-0.2, -0.15) is 0 Å². The Bertz CT molecular complexity index is 3070. The molecule has 296 valence electrons. The summed E-state index contributed by atoms with van der Waals surface area (Å²) in [4.78, 5) is 5.18. The van der Waals surface area contributed by atoms with Crippen molar-refractivity contribution in [2.45, 2.75) is 91.4 Å². The molecule has 1 aliphatic carbocycles. The fourth-order valence-corrected chi connectivity index (χ4v) is 10.9. The van der Waals surface area contributed by atoms with Gasteiger partial charge < -0.3 is 14.2 Å². The lowest BCUT2D eigenvalue weighted by molar-refractivity contribution is 0.332. The zero-order chi connectivity index (χ0) is 41.5. The van der Waals surface area contributed by atoms with Crippen molar-refractivity contribution in [1.29, 1.82) is 0 Å². The molecule has 0 spiro atoms. The molecule has 4 heteroatoms. The first kappa shape index (κ1) is 37.0. The number of furan rings is 1. The minimum atomic E-state index is -0.0333. The van der Waals surface area contributed by atoms with Crippen molar-refractivity contribution in [3.05, 3.63) is 161 Å². The van der Waals surface area contributed by atoms with Crippen molar-refractivity contribution in [2.24, 2.45) is 0 Å². The van der Waals surface area contributed by atoms with Gasteiger partial charge in [0.05, 0.1) is 11.4 Å². The molecule has 0 saturated heterocycles. The Hall–Kier alpha value is -6.00. The van der Waals surface area contributed by atoms with Gasteiger partial charge in [-0.1, -0.05) is 146 Å². The maximum absolute atomic E-state index is 7.04. The van der Waals surface area contributed by atoms with Crippen LogP contribution in [0.1, 0.15) is 89.1 Å². The summed E-state index contributed by atoms with van der Waals surface area (Å²) in [5.41, 5.74) is 22.4. The van der Waals surface area contributed by atoms with Crippen molar-refractivity contribution in [3.63, 3.8) is 0 Å². The van der Waals surface area contributed by atoms with E-state index < -0.39 is 0 Å². The van der Waals surface area contributed by atoms with Crippen LogP contribution in [0.25, 0.3) is 33.1 Å². The molecule has 1 aromatic heterocycles. The topological polar surface area (TPSA) is 19.6 Å². The molecule has 0 radical (unpaired) electrons. The molecular weight excluding hydrogens is 727 g/mol. The van der Waals surface area contributed by atoms with Crippen LogP contribution in [0.3, 0.4) is 0 Å². The van der Waals surface area contributed by atoms with Crippen molar-refractivity contribution in [1.82, 2.24) is 0 Å². The number of nitrogens with zero attached hydrogens (tertiary/aromatic N) is 2. The van der Waals surface area contributed by atoms with E-state index >= 15 is 0 Å². The maximum Gasteiger partial charge on any atom is 0.252 e. The minimum Gasteiger partial charge on any atom is -0.454 e. The molecule has 2 aliphatic heterocycles. The number of benzene rings is 7. The molecule has 8 aromatic rings. The predicted octanol–water partition coefficient (Wildman–Crippen LogP) is 13.6. The second-order valence-corrected chi connectivity index (χ2v) is 20.2. The van der Waals surface area contributed by atoms with Crippen molar-refractivity contribution < 1.29 is 4.42 Å². The average Bonchev–Trinajstić information content (AvgIpc) is 3.61. The maximum atomic E-state index is 7.04. The van der Waals surface area contributed by atoms with Crippen LogP contribution in [-0.2, 0) is 16.2 Å². The van der Waals surface area contributed by atoms with Gasteiger partial charge >= 0.3 is 0 Å². The Morgan fingerprint density at radius 2 is 1.23 bits per heavy atom. The first-order chi connectivity index (χ1) is 28.7. The third-order valence-corrected chi connectivity index (χ3v) is 14.2. The summed E-state index contributed by atoms with van der Waals surface area (Å²) in [5, 5.41) is 2.28. The molecule has 0 unspecified atom stereocenters. The van der Waals surface area contributed by atoms with Crippen LogP contribution in [0.5, 0.6) is 0 Å². The summed E-state index contributed by atoms with van der Waals surface area (Å²) < 4.78 is 7.04. The molecule has 3 aliphatic rings. The molecule has 60 heavy (non-hydrogen) atoms. The van der Waals surface area contributed by atoms with Gasteiger partial charge in [-0.15, -0.1) is 0 Å². The van der Waals surface area contributed by atoms with Gasteiger partial charge in [0, 0.05) is 39.1 Å². The molecule has 0 N–H and O–H groups in total. The molecule has 0 fully saturated rings. The Morgan fingerprint density at radius 1 is 0.567 bits per heavy atom. The second kappa shape index (κ2) is 12.8. The van der Waals surface area contributed by atoms with E-state index in [9.17, 15) is 0 Å². The van der Waals surface area contributed by atoms with Crippen molar-refractivity contribution >= 4 is 79.2 Å². The average molecular weight is 781 g/mol. The van der Waals surface area contributed by atoms with Crippen LogP contribution < -0.4 is 26.2 Å². The van der Waals surface area contributed by atoms with Gasteiger partial charge in [-0.3, -0.25) is 0 Å². The number of hydrogen-bond acceptors (Lipinski definition) is 3. The highest BCUT2D eigenvalue weighted by atomic mass is 16.3. The summed E-state index contributed by atoms with van der Waals surface area (Å²) >= 11 is 0. The number of aryl methyl sites for hydroxylation is 2. The molecule has 11 rings (SSSR count). The third kappa shape index (κ3) is 5.35. The van der Waals surface area contributed by atoms with E-state index in [-0.39, 0.29) is 23.0 Å². The second-order valence-electron chi connectivity index (χ2n) is 20.2. The van der Waals surface area contributed by atoms with Gasteiger partial charge in [0.1, 0.15) is 5.58 Å². The highest BCUT2D eigenvalue weighted by Crippen LogP contribution is 2.52. The number of rotatable bonds is 3. The fraction of sp³-hybridized carbons (Fsp3) is 0.250. The van der Waals surface area contributed by atoms with E-state index in [1.54, 1.807) is 0 Å². The van der Waals surface area contributed by atoms with E-state index in [4.69, 9.17) is 4.42 Å². The molecular formula is C56H53BN2O. The van der Waals surface area contributed by atoms with Crippen molar-refractivity contribution in [2.75, 3.05) is 9.80 Å². The van der Waals surface area contributed by atoms with Crippen LogP contribution in [0, 0.1) is 13.8 Å². The zero-order valence-electron chi connectivity index (χ0n) is 36.5.